The molecule has 5 heteroatoms. The molecule has 0 atom stereocenters. The summed E-state index contributed by atoms with van der Waals surface area (Å²) in [6.45, 7) is 1.37. The second kappa shape index (κ2) is 5.86. The second-order valence-electron chi connectivity index (χ2n) is 3.93. The van der Waals surface area contributed by atoms with Gasteiger partial charge in [-0.05, 0) is 18.6 Å². The first-order valence-electron chi connectivity index (χ1n) is 5.79. The maximum Gasteiger partial charge on any atom is 0.255 e. The fourth-order valence-electron chi connectivity index (χ4n) is 1.64. The molecular formula is C13H15N3O2. The predicted molar refractivity (Wildman–Crippen MR) is 67.3 cm³/mol. The summed E-state index contributed by atoms with van der Waals surface area (Å²) in [7, 11) is 0. The van der Waals surface area contributed by atoms with E-state index in [1.54, 1.807) is 30.7 Å². The Labute approximate surface area is 105 Å². The van der Waals surface area contributed by atoms with E-state index in [9.17, 15) is 9.90 Å². The molecule has 0 spiro atoms. The van der Waals surface area contributed by atoms with E-state index in [1.807, 2.05) is 10.8 Å². The Balaban J connectivity index is 1.77. The number of para-hydroxylation sites is 1. The number of carbonyl (C=O) groups excluding carboxylic acids is 1. The third-order valence-corrected chi connectivity index (χ3v) is 2.59. The quantitative estimate of drug-likeness (QED) is 0.783. The van der Waals surface area contributed by atoms with Crippen molar-refractivity contribution in [3.05, 3.63) is 48.5 Å². The predicted octanol–water partition coefficient (Wildman–Crippen LogP) is 1.41. The van der Waals surface area contributed by atoms with Crippen LogP contribution < -0.4 is 5.32 Å². The average Bonchev–Trinajstić information content (AvgIpc) is 2.88. The van der Waals surface area contributed by atoms with Gasteiger partial charge < -0.3 is 15.0 Å². The molecule has 0 radical (unpaired) electrons. The molecule has 1 aromatic heterocycles. The van der Waals surface area contributed by atoms with E-state index >= 15 is 0 Å². The molecule has 0 unspecified atom stereocenters. The number of amides is 1. The number of aromatic hydroxyl groups is 1. The molecule has 5 nitrogen and oxygen atoms in total. The van der Waals surface area contributed by atoms with Crippen LogP contribution in [0, 0.1) is 0 Å². The van der Waals surface area contributed by atoms with Crippen molar-refractivity contribution in [1.82, 2.24) is 14.9 Å². The first-order chi connectivity index (χ1) is 8.77. The maximum absolute atomic E-state index is 11.7. The van der Waals surface area contributed by atoms with E-state index in [2.05, 4.69) is 10.3 Å². The smallest absolute Gasteiger partial charge is 0.255 e. The van der Waals surface area contributed by atoms with Crippen molar-refractivity contribution in [1.29, 1.82) is 0 Å². The number of aryl methyl sites for hydroxylation is 1. The molecule has 1 heterocycles. The maximum atomic E-state index is 11.7. The van der Waals surface area contributed by atoms with Gasteiger partial charge >= 0.3 is 0 Å². The van der Waals surface area contributed by atoms with Crippen LogP contribution in [0.5, 0.6) is 5.75 Å². The van der Waals surface area contributed by atoms with Gasteiger partial charge in [-0.1, -0.05) is 12.1 Å². The summed E-state index contributed by atoms with van der Waals surface area (Å²) < 4.78 is 1.95. The number of aromatic nitrogens is 2. The van der Waals surface area contributed by atoms with Crippen LogP contribution in [0.1, 0.15) is 16.8 Å². The molecule has 0 aliphatic rings. The summed E-state index contributed by atoms with van der Waals surface area (Å²) in [6.07, 6.45) is 6.16. The van der Waals surface area contributed by atoms with Crippen molar-refractivity contribution in [3.8, 4) is 5.75 Å². The lowest BCUT2D eigenvalue weighted by Crippen LogP contribution is -2.25. The minimum absolute atomic E-state index is 0.00427. The van der Waals surface area contributed by atoms with Crippen LogP contribution in [0.25, 0.3) is 0 Å². The lowest BCUT2D eigenvalue weighted by molar-refractivity contribution is 0.0950. The summed E-state index contributed by atoms with van der Waals surface area (Å²) in [6, 6.07) is 6.51. The van der Waals surface area contributed by atoms with Crippen LogP contribution in [0.3, 0.4) is 0 Å². The Morgan fingerprint density at radius 3 is 2.94 bits per heavy atom. The van der Waals surface area contributed by atoms with Crippen LogP contribution in [0.4, 0.5) is 0 Å². The second-order valence-corrected chi connectivity index (χ2v) is 3.93. The van der Waals surface area contributed by atoms with E-state index in [-0.39, 0.29) is 11.7 Å². The van der Waals surface area contributed by atoms with Gasteiger partial charge in [0.15, 0.2) is 0 Å². The summed E-state index contributed by atoms with van der Waals surface area (Å²) in [4.78, 5) is 15.7. The monoisotopic (exact) mass is 245 g/mol. The zero-order valence-corrected chi connectivity index (χ0v) is 9.91. The highest BCUT2D eigenvalue weighted by molar-refractivity contribution is 5.96. The van der Waals surface area contributed by atoms with Crippen molar-refractivity contribution in [3.63, 3.8) is 0 Å². The number of rotatable bonds is 5. The third-order valence-electron chi connectivity index (χ3n) is 2.59. The molecule has 1 aromatic carbocycles. The summed E-state index contributed by atoms with van der Waals surface area (Å²) in [5.74, 6) is -0.247. The Kier molecular flexibility index (Phi) is 3.96. The molecule has 0 saturated heterocycles. The van der Waals surface area contributed by atoms with E-state index in [0.29, 0.717) is 12.1 Å². The summed E-state index contributed by atoms with van der Waals surface area (Å²) in [5, 5.41) is 12.3. The van der Waals surface area contributed by atoms with E-state index < -0.39 is 0 Å². The van der Waals surface area contributed by atoms with Gasteiger partial charge in [-0.3, -0.25) is 4.79 Å². The number of hydrogen-bond acceptors (Lipinski definition) is 3. The van der Waals surface area contributed by atoms with Crippen LogP contribution in [0.2, 0.25) is 0 Å². The first-order valence-corrected chi connectivity index (χ1v) is 5.79. The van der Waals surface area contributed by atoms with Gasteiger partial charge in [0, 0.05) is 25.5 Å². The van der Waals surface area contributed by atoms with Gasteiger partial charge in [0.1, 0.15) is 5.75 Å². The fourth-order valence-corrected chi connectivity index (χ4v) is 1.64. The molecule has 1 amide bonds. The largest absolute Gasteiger partial charge is 0.507 e. The van der Waals surface area contributed by atoms with Crippen molar-refractivity contribution in [2.24, 2.45) is 0 Å². The standard InChI is InChI=1S/C13H15N3O2/c17-12-5-2-1-4-11(12)13(18)15-6-3-8-16-9-7-14-10-16/h1-2,4-5,7,9-10,17H,3,6,8H2,(H,15,18). The number of nitrogens with one attached hydrogen (secondary N) is 1. The molecule has 2 N–H and O–H groups in total. The molecule has 0 saturated carbocycles. The van der Waals surface area contributed by atoms with E-state index in [4.69, 9.17) is 0 Å². The van der Waals surface area contributed by atoms with Crippen molar-refractivity contribution < 1.29 is 9.90 Å². The number of hydrogen-bond donors (Lipinski definition) is 2. The zero-order valence-electron chi connectivity index (χ0n) is 9.91. The van der Waals surface area contributed by atoms with Crippen molar-refractivity contribution >= 4 is 5.91 Å². The molecule has 0 aliphatic heterocycles. The third kappa shape index (κ3) is 3.10. The highest BCUT2D eigenvalue weighted by atomic mass is 16.3. The van der Waals surface area contributed by atoms with Gasteiger partial charge in [0.05, 0.1) is 11.9 Å². The number of nitrogens with zero attached hydrogens (tertiary/aromatic N) is 2. The Hall–Kier alpha value is -2.30. The molecule has 94 valence electrons. The number of imidazole rings is 1. The van der Waals surface area contributed by atoms with Gasteiger partial charge in [0.2, 0.25) is 0 Å². The Bertz CT molecular complexity index is 509. The molecule has 2 rings (SSSR count). The highest BCUT2D eigenvalue weighted by Gasteiger charge is 2.08. The SMILES string of the molecule is O=C(NCCCn1ccnc1)c1ccccc1O. The van der Waals surface area contributed by atoms with Gasteiger partial charge in [-0.15, -0.1) is 0 Å². The number of phenolic OH excluding ortho intramolecular Hbond substituents is 1. The average molecular weight is 245 g/mol. The van der Waals surface area contributed by atoms with Crippen LogP contribution in [-0.2, 0) is 6.54 Å². The molecule has 0 aliphatic carbocycles. The molecule has 18 heavy (non-hydrogen) atoms. The summed E-state index contributed by atoms with van der Waals surface area (Å²) >= 11 is 0. The number of phenols is 1. The van der Waals surface area contributed by atoms with Crippen molar-refractivity contribution in [2.45, 2.75) is 13.0 Å². The zero-order chi connectivity index (χ0) is 12.8. The minimum Gasteiger partial charge on any atom is -0.507 e. The number of carbonyl (C=O) groups is 1. The van der Waals surface area contributed by atoms with Gasteiger partial charge in [0.25, 0.3) is 5.91 Å². The molecule has 2 aromatic rings. The van der Waals surface area contributed by atoms with E-state index in [0.717, 1.165) is 13.0 Å². The van der Waals surface area contributed by atoms with Crippen LogP contribution in [0.15, 0.2) is 43.0 Å². The molecule has 0 fully saturated rings. The first kappa shape index (κ1) is 12.2. The highest BCUT2D eigenvalue weighted by Crippen LogP contribution is 2.14. The Morgan fingerprint density at radius 1 is 1.39 bits per heavy atom. The Morgan fingerprint density at radius 2 is 2.22 bits per heavy atom. The summed E-state index contributed by atoms with van der Waals surface area (Å²) in [5.41, 5.74) is 0.306. The molecule has 0 bridgehead atoms. The van der Waals surface area contributed by atoms with Gasteiger partial charge in [-0.25, -0.2) is 4.98 Å². The minimum atomic E-state index is -0.251. The van der Waals surface area contributed by atoms with Crippen LogP contribution in [-0.4, -0.2) is 27.1 Å². The lowest BCUT2D eigenvalue weighted by Gasteiger charge is -2.06. The van der Waals surface area contributed by atoms with Crippen molar-refractivity contribution in [2.75, 3.05) is 6.54 Å². The number of benzene rings is 1. The topological polar surface area (TPSA) is 67.2 Å². The molecular weight excluding hydrogens is 230 g/mol. The van der Waals surface area contributed by atoms with Gasteiger partial charge in [-0.2, -0.15) is 0 Å². The van der Waals surface area contributed by atoms with E-state index in [1.165, 1.54) is 6.07 Å². The lowest BCUT2D eigenvalue weighted by atomic mass is 10.2. The van der Waals surface area contributed by atoms with Crippen LogP contribution >= 0.6 is 0 Å². The normalized spacial score (nSPS) is 10.2. The fraction of sp³-hybridized carbons (Fsp3) is 0.231.